The summed E-state index contributed by atoms with van der Waals surface area (Å²) >= 11 is 0. The van der Waals surface area contributed by atoms with E-state index in [0.29, 0.717) is 0 Å². The van der Waals surface area contributed by atoms with Crippen molar-refractivity contribution in [1.29, 1.82) is 0 Å². The van der Waals surface area contributed by atoms with Gasteiger partial charge in [-0.1, -0.05) is 0 Å². The van der Waals surface area contributed by atoms with E-state index in [1.807, 2.05) is 22.9 Å². The van der Waals surface area contributed by atoms with E-state index in [0.717, 1.165) is 43.3 Å². The van der Waals surface area contributed by atoms with Crippen molar-refractivity contribution in [2.45, 2.75) is 19.1 Å². The van der Waals surface area contributed by atoms with Gasteiger partial charge < -0.3 is 4.74 Å². The summed E-state index contributed by atoms with van der Waals surface area (Å²) in [4.78, 5) is 11.1. The molecule has 1 aliphatic rings. The van der Waals surface area contributed by atoms with Crippen molar-refractivity contribution in [1.82, 2.24) is 19.3 Å². The normalized spacial score (nSPS) is 18.6. The Kier molecular flexibility index (Phi) is 3.67. The highest BCUT2D eigenvalue weighted by Gasteiger charge is 2.24. The molecule has 0 bridgehead atoms. The van der Waals surface area contributed by atoms with Crippen molar-refractivity contribution in [3.05, 3.63) is 60.4 Å². The van der Waals surface area contributed by atoms with Gasteiger partial charge in [0, 0.05) is 38.2 Å². The van der Waals surface area contributed by atoms with E-state index in [9.17, 15) is 4.39 Å². The molecule has 0 amide bonds. The molecule has 1 fully saturated rings. The average molecular weight is 312 g/mol. The summed E-state index contributed by atoms with van der Waals surface area (Å²) in [5.74, 6) is 1.20. The van der Waals surface area contributed by atoms with Gasteiger partial charge in [0.05, 0.1) is 5.69 Å². The van der Waals surface area contributed by atoms with Crippen molar-refractivity contribution in [3.63, 3.8) is 0 Å². The van der Waals surface area contributed by atoms with Crippen LogP contribution in [0.4, 0.5) is 4.39 Å². The van der Waals surface area contributed by atoms with Gasteiger partial charge in [0.25, 0.3) is 0 Å². The molecule has 1 unspecified atom stereocenters. The first kappa shape index (κ1) is 14.1. The van der Waals surface area contributed by atoms with Gasteiger partial charge in [-0.25, -0.2) is 14.4 Å². The molecular formula is C17H17FN4O. The molecule has 5 nitrogen and oxygen atoms in total. The lowest BCUT2D eigenvalue weighted by Crippen LogP contribution is -2.24. The smallest absolute Gasteiger partial charge is 0.233 e. The van der Waals surface area contributed by atoms with Gasteiger partial charge in [-0.3, -0.25) is 9.30 Å². The first-order chi connectivity index (χ1) is 11.3. The number of hydrogen-bond acceptors (Lipinski definition) is 4. The molecule has 3 heterocycles. The van der Waals surface area contributed by atoms with E-state index >= 15 is 0 Å². The summed E-state index contributed by atoms with van der Waals surface area (Å²) in [6.45, 7) is 2.60. The Morgan fingerprint density at radius 3 is 2.96 bits per heavy atom. The molecular weight excluding hydrogens is 295 g/mol. The Morgan fingerprint density at radius 1 is 1.26 bits per heavy atom. The summed E-state index contributed by atoms with van der Waals surface area (Å²) in [7, 11) is 0. The van der Waals surface area contributed by atoms with Crippen LogP contribution in [0.1, 0.15) is 12.1 Å². The van der Waals surface area contributed by atoms with Gasteiger partial charge in [0.2, 0.25) is 5.78 Å². The standard InChI is InChI=1S/C17H17FN4O/c18-13-2-4-15(5-3-13)23-16-6-9-21(12-16)10-14-11-22-8-1-7-19-17(22)20-14/h1-5,7-8,11,16H,6,9-10,12H2. The molecule has 1 aliphatic heterocycles. The molecule has 2 aromatic heterocycles. The van der Waals surface area contributed by atoms with E-state index in [-0.39, 0.29) is 11.9 Å². The van der Waals surface area contributed by atoms with Crippen LogP contribution in [0.3, 0.4) is 0 Å². The Bertz CT molecular complexity index is 769. The lowest BCUT2D eigenvalue weighted by atomic mass is 10.3. The SMILES string of the molecule is Fc1ccc(OC2CCN(Cc3cn4cccnc4n3)C2)cc1. The minimum atomic E-state index is -0.245. The monoisotopic (exact) mass is 312 g/mol. The second kappa shape index (κ2) is 5.96. The predicted octanol–water partition coefficient (Wildman–Crippen LogP) is 2.52. The molecule has 23 heavy (non-hydrogen) atoms. The first-order valence-corrected chi connectivity index (χ1v) is 7.69. The fourth-order valence-corrected chi connectivity index (χ4v) is 2.93. The Balaban J connectivity index is 1.37. The highest BCUT2D eigenvalue weighted by atomic mass is 19.1. The molecule has 0 radical (unpaired) electrons. The average Bonchev–Trinajstić information content (AvgIpc) is 3.16. The van der Waals surface area contributed by atoms with Gasteiger partial charge in [-0.05, 0) is 36.8 Å². The summed E-state index contributed by atoms with van der Waals surface area (Å²) in [5, 5.41) is 0. The molecule has 6 heteroatoms. The largest absolute Gasteiger partial charge is 0.489 e. The van der Waals surface area contributed by atoms with E-state index < -0.39 is 0 Å². The van der Waals surface area contributed by atoms with E-state index in [1.54, 1.807) is 18.3 Å². The number of imidazole rings is 1. The van der Waals surface area contributed by atoms with Crippen LogP contribution < -0.4 is 4.74 Å². The highest BCUT2D eigenvalue weighted by molar-refractivity contribution is 5.29. The summed E-state index contributed by atoms with van der Waals surface area (Å²) < 4.78 is 20.8. The van der Waals surface area contributed by atoms with E-state index in [1.165, 1.54) is 12.1 Å². The van der Waals surface area contributed by atoms with Crippen LogP contribution in [0, 0.1) is 5.82 Å². The molecule has 0 aliphatic carbocycles. The van der Waals surface area contributed by atoms with Crippen LogP contribution in [0.2, 0.25) is 0 Å². The lowest BCUT2D eigenvalue weighted by molar-refractivity contribution is 0.197. The molecule has 0 saturated carbocycles. The molecule has 4 rings (SSSR count). The second-order valence-electron chi connectivity index (χ2n) is 5.78. The van der Waals surface area contributed by atoms with Crippen molar-refractivity contribution >= 4 is 5.78 Å². The van der Waals surface area contributed by atoms with Gasteiger partial charge in [-0.2, -0.15) is 0 Å². The topological polar surface area (TPSA) is 42.7 Å². The second-order valence-corrected chi connectivity index (χ2v) is 5.78. The van der Waals surface area contributed by atoms with Gasteiger partial charge in [0.15, 0.2) is 0 Å². The van der Waals surface area contributed by atoms with E-state index in [4.69, 9.17) is 4.74 Å². The molecule has 1 atom stereocenters. The van der Waals surface area contributed by atoms with Gasteiger partial charge >= 0.3 is 0 Å². The zero-order valence-corrected chi connectivity index (χ0v) is 12.6. The lowest BCUT2D eigenvalue weighted by Gasteiger charge is -2.15. The molecule has 3 aromatic rings. The van der Waals surface area contributed by atoms with Crippen LogP contribution in [0.25, 0.3) is 5.78 Å². The quantitative estimate of drug-likeness (QED) is 0.742. The summed E-state index contributed by atoms with van der Waals surface area (Å²) in [6.07, 6.45) is 6.80. The van der Waals surface area contributed by atoms with Crippen molar-refractivity contribution < 1.29 is 9.13 Å². The molecule has 1 saturated heterocycles. The summed E-state index contributed by atoms with van der Waals surface area (Å²) in [5.41, 5.74) is 1.01. The number of fused-ring (bicyclic) bond motifs is 1. The molecule has 0 N–H and O–H groups in total. The van der Waals surface area contributed by atoms with Crippen LogP contribution in [-0.2, 0) is 6.54 Å². The maximum Gasteiger partial charge on any atom is 0.233 e. The fraction of sp³-hybridized carbons (Fsp3) is 0.294. The Labute approximate surface area is 133 Å². The minimum absolute atomic E-state index is 0.135. The fourth-order valence-electron chi connectivity index (χ4n) is 2.93. The highest BCUT2D eigenvalue weighted by Crippen LogP contribution is 2.20. The number of benzene rings is 1. The van der Waals surface area contributed by atoms with Gasteiger partial charge in [-0.15, -0.1) is 0 Å². The Morgan fingerprint density at radius 2 is 2.13 bits per heavy atom. The van der Waals surface area contributed by atoms with Crippen molar-refractivity contribution in [3.8, 4) is 5.75 Å². The number of likely N-dealkylation sites (tertiary alicyclic amines) is 1. The van der Waals surface area contributed by atoms with Crippen LogP contribution >= 0.6 is 0 Å². The third-order valence-corrected chi connectivity index (χ3v) is 4.02. The first-order valence-electron chi connectivity index (χ1n) is 7.69. The third-order valence-electron chi connectivity index (χ3n) is 4.02. The van der Waals surface area contributed by atoms with Crippen LogP contribution in [0.5, 0.6) is 5.75 Å². The summed E-state index contributed by atoms with van der Waals surface area (Å²) in [6, 6.07) is 8.08. The maximum absolute atomic E-state index is 12.9. The molecule has 1 aromatic carbocycles. The minimum Gasteiger partial charge on any atom is -0.489 e. The number of aromatic nitrogens is 3. The van der Waals surface area contributed by atoms with Crippen molar-refractivity contribution in [2.24, 2.45) is 0 Å². The number of rotatable bonds is 4. The Hall–Kier alpha value is -2.47. The van der Waals surface area contributed by atoms with E-state index in [2.05, 4.69) is 14.9 Å². The van der Waals surface area contributed by atoms with Crippen LogP contribution in [-0.4, -0.2) is 38.5 Å². The predicted molar refractivity (Wildman–Crippen MR) is 83.7 cm³/mol. The molecule has 118 valence electrons. The zero-order chi connectivity index (χ0) is 15.6. The maximum atomic E-state index is 12.9. The van der Waals surface area contributed by atoms with Gasteiger partial charge in [0.1, 0.15) is 17.7 Å². The van der Waals surface area contributed by atoms with Crippen molar-refractivity contribution in [2.75, 3.05) is 13.1 Å². The van der Waals surface area contributed by atoms with Crippen LogP contribution in [0.15, 0.2) is 48.9 Å². The third kappa shape index (κ3) is 3.17. The number of halogens is 1. The number of hydrogen-bond donors (Lipinski definition) is 0. The molecule has 0 spiro atoms. The zero-order valence-electron chi connectivity index (χ0n) is 12.6. The number of nitrogens with zero attached hydrogens (tertiary/aromatic N) is 4. The number of ether oxygens (including phenoxy) is 1.